The van der Waals surface area contributed by atoms with Gasteiger partial charge in [0.25, 0.3) is 0 Å². The minimum atomic E-state index is -0.180. The summed E-state index contributed by atoms with van der Waals surface area (Å²) in [6, 6.07) is 11.5. The minimum absolute atomic E-state index is 0.0483. The molecule has 1 unspecified atom stereocenters. The molecule has 0 bridgehead atoms. The van der Waals surface area contributed by atoms with E-state index in [-0.39, 0.29) is 18.7 Å². The smallest absolute Gasteiger partial charge is 0.244 e. The molecule has 7 nitrogen and oxygen atoms in total. The summed E-state index contributed by atoms with van der Waals surface area (Å²) in [7, 11) is 1.65. The zero-order chi connectivity index (χ0) is 21.6. The Kier molecular flexibility index (Phi) is 6.96. The van der Waals surface area contributed by atoms with Gasteiger partial charge >= 0.3 is 0 Å². The Balaban J connectivity index is 1.41. The van der Waals surface area contributed by atoms with Crippen LogP contribution in [0.3, 0.4) is 0 Å². The molecule has 164 valence electrons. The third kappa shape index (κ3) is 5.31. The maximum Gasteiger partial charge on any atom is 0.244 e. The lowest BCUT2D eigenvalue weighted by molar-refractivity contribution is -0.116. The molecule has 1 amide bonds. The van der Waals surface area contributed by atoms with Crippen molar-refractivity contribution in [2.75, 3.05) is 46.8 Å². The van der Waals surface area contributed by atoms with Crippen LogP contribution < -0.4 is 19.5 Å². The lowest BCUT2D eigenvalue weighted by Crippen LogP contribution is -2.43. The van der Waals surface area contributed by atoms with E-state index >= 15 is 0 Å². The molecule has 0 radical (unpaired) electrons. The van der Waals surface area contributed by atoms with Crippen molar-refractivity contribution in [3.8, 4) is 17.2 Å². The molecule has 1 saturated heterocycles. The molecule has 1 N–H and O–H groups in total. The van der Waals surface area contributed by atoms with Crippen LogP contribution in [0.5, 0.6) is 17.2 Å². The largest absolute Gasteiger partial charge is 0.497 e. The predicted molar refractivity (Wildman–Crippen MR) is 118 cm³/mol. The number of benzene rings is 2. The second-order valence-electron chi connectivity index (χ2n) is 7.25. The topological polar surface area (TPSA) is 69.3 Å². The summed E-state index contributed by atoms with van der Waals surface area (Å²) in [5, 5.41) is 3.48. The van der Waals surface area contributed by atoms with Crippen molar-refractivity contribution in [2.24, 2.45) is 0 Å². The monoisotopic (exact) mass is 444 g/mol. The Labute approximate surface area is 186 Å². The molecule has 0 spiro atoms. The van der Waals surface area contributed by atoms with Gasteiger partial charge in [0, 0.05) is 25.7 Å². The maximum atomic E-state index is 12.5. The normalized spacial score (nSPS) is 17.0. The van der Waals surface area contributed by atoms with E-state index in [9.17, 15) is 4.79 Å². The van der Waals surface area contributed by atoms with E-state index in [0.29, 0.717) is 36.3 Å². The van der Waals surface area contributed by atoms with Crippen LogP contribution in [0.25, 0.3) is 6.08 Å². The number of rotatable bonds is 7. The van der Waals surface area contributed by atoms with E-state index in [1.807, 2.05) is 24.3 Å². The highest BCUT2D eigenvalue weighted by Gasteiger charge is 2.23. The van der Waals surface area contributed by atoms with Gasteiger partial charge in [-0.25, -0.2) is 0 Å². The van der Waals surface area contributed by atoms with Gasteiger partial charge in [-0.15, -0.1) is 0 Å². The molecule has 1 atom stereocenters. The zero-order valence-electron chi connectivity index (χ0n) is 17.3. The van der Waals surface area contributed by atoms with Crippen molar-refractivity contribution in [3.63, 3.8) is 0 Å². The molecule has 2 aromatic rings. The van der Waals surface area contributed by atoms with Crippen LogP contribution in [0.4, 0.5) is 0 Å². The Hall–Kier alpha value is -2.74. The van der Waals surface area contributed by atoms with Crippen molar-refractivity contribution in [1.29, 1.82) is 0 Å². The fourth-order valence-corrected chi connectivity index (χ4v) is 3.96. The van der Waals surface area contributed by atoms with Crippen LogP contribution in [-0.4, -0.2) is 57.6 Å². The summed E-state index contributed by atoms with van der Waals surface area (Å²) >= 11 is 6.20. The summed E-state index contributed by atoms with van der Waals surface area (Å²) in [6.07, 6.45) is 3.21. The van der Waals surface area contributed by atoms with Gasteiger partial charge in [-0.05, 0) is 41.5 Å². The highest BCUT2D eigenvalue weighted by Crippen LogP contribution is 2.40. The molecule has 2 aromatic carbocycles. The average Bonchev–Trinajstić information content (AvgIpc) is 3.28. The number of amides is 1. The first-order valence-electron chi connectivity index (χ1n) is 10.1. The quantitative estimate of drug-likeness (QED) is 0.661. The maximum absolute atomic E-state index is 12.5. The molecule has 4 rings (SSSR count). The van der Waals surface area contributed by atoms with Crippen molar-refractivity contribution < 1.29 is 23.7 Å². The molecular formula is C23H25ClN2O5. The first-order chi connectivity index (χ1) is 15.1. The third-order valence-electron chi connectivity index (χ3n) is 5.33. The van der Waals surface area contributed by atoms with Gasteiger partial charge < -0.3 is 24.3 Å². The number of hydrogen-bond acceptors (Lipinski definition) is 6. The minimum Gasteiger partial charge on any atom is -0.497 e. The molecule has 1 fully saturated rings. The molecule has 0 aromatic heterocycles. The molecule has 0 aliphatic carbocycles. The number of nitrogens with zero attached hydrogens (tertiary/aromatic N) is 1. The number of ether oxygens (including phenoxy) is 4. The van der Waals surface area contributed by atoms with Gasteiger partial charge in [0.2, 0.25) is 12.7 Å². The van der Waals surface area contributed by atoms with Gasteiger partial charge in [0.15, 0.2) is 11.5 Å². The number of halogens is 1. The Bertz CT molecular complexity index is 942. The third-order valence-corrected chi connectivity index (χ3v) is 5.61. The fraction of sp³-hybridized carbons (Fsp3) is 0.348. The fourth-order valence-electron chi connectivity index (χ4n) is 3.68. The predicted octanol–water partition coefficient (Wildman–Crippen LogP) is 3.28. The molecule has 31 heavy (non-hydrogen) atoms. The second kappa shape index (κ2) is 10.0. The van der Waals surface area contributed by atoms with Crippen molar-refractivity contribution in [2.45, 2.75) is 6.04 Å². The summed E-state index contributed by atoms with van der Waals surface area (Å²) in [4.78, 5) is 14.8. The van der Waals surface area contributed by atoms with E-state index in [4.69, 9.17) is 30.5 Å². The number of hydrogen-bond donors (Lipinski definition) is 1. The van der Waals surface area contributed by atoms with Gasteiger partial charge in [-0.2, -0.15) is 0 Å². The number of morpholine rings is 1. The Morgan fingerprint density at radius 1 is 1.23 bits per heavy atom. The van der Waals surface area contributed by atoms with Gasteiger partial charge in [0.05, 0.1) is 31.4 Å². The van der Waals surface area contributed by atoms with Crippen molar-refractivity contribution >= 4 is 23.6 Å². The SMILES string of the molecule is COc1ccc(C(CNC(=O)C=Cc2cc(Cl)c3c(c2)OCO3)N2CCOCC2)cc1. The molecular weight excluding hydrogens is 420 g/mol. The Morgan fingerprint density at radius 2 is 2.00 bits per heavy atom. The summed E-state index contributed by atoms with van der Waals surface area (Å²) in [6.45, 7) is 3.64. The number of nitrogens with one attached hydrogen (secondary N) is 1. The number of methoxy groups -OCH3 is 1. The average molecular weight is 445 g/mol. The first-order valence-corrected chi connectivity index (χ1v) is 10.5. The van der Waals surface area contributed by atoms with Crippen molar-refractivity contribution in [1.82, 2.24) is 10.2 Å². The molecule has 0 saturated carbocycles. The standard InChI is InChI=1S/C23H25ClN2O5/c1-28-18-5-3-17(4-6-18)20(26-8-10-29-11-9-26)14-25-22(27)7-2-16-12-19(24)23-21(13-16)30-15-31-23/h2-7,12-13,20H,8-11,14-15H2,1H3,(H,25,27). The van der Waals surface area contributed by atoms with E-state index < -0.39 is 0 Å². The molecule has 2 aliphatic heterocycles. The number of carbonyl (C=O) groups excluding carboxylic acids is 1. The summed E-state index contributed by atoms with van der Waals surface area (Å²) in [5.41, 5.74) is 1.89. The van der Waals surface area contributed by atoms with Crippen LogP contribution in [0.1, 0.15) is 17.2 Å². The van der Waals surface area contributed by atoms with E-state index in [1.165, 1.54) is 6.08 Å². The lowest BCUT2D eigenvalue weighted by Gasteiger charge is -2.34. The number of carbonyl (C=O) groups is 1. The molecule has 8 heteroatoms. The zero-order valence-corrected chi connectivity index (χ0v) is 18.1. The lowest BCUT2D eigenvalue weighted by atomic mass is 10.0. The van der Waals surface area contributed by atoms with Gasteiger partial charge in [-0.1, -0.05) is 23.7 Å². The van der Waals surface area contributed by atoms with E-state index in [0.717, 1.165) is 30.0 Å². The highest BCUT2D eigenvalue weighted by molar-refractivity contribution is 6.32. The van der Waals surface area contributed by atoms with E-state index in [1.54, 1.807) is 25.3 Å². The van der Waals surface area contributed by atoms with Crippen LogP contribution >= 0.6 is 11.6 Å². The second-order valence-corrected chi connectivity index (χ2v) is 7.66. The van der Waals surface area contributed by atoms with E-state index in [2.05, 4.69) is 10.2 Å². The van der Waals surface area contributed by atoms with Crippen LogP contribution in [0.15, 0.2) is 42.5 Å². The number of fused-ring (bicyclic) bond motifs is 1. The molecule has 2 heterocycles. The summed E-state index contributed by atoms with van der Waals surface area (Å²) < 4.78 is 21.4. The molecule has 2 aliphatic rings. The van der Waals surface area contributed by atoms with Crippen LogP contribution in [0.2, 0.25) is 5.02 Å². The Morgan fingerprint density at radius 3 is 2.74 bits per heavy atom. The first kappa shape index (κ1) is 21.5. The summed E-state index contributed by atoms with van der Waals surface area (Å²) in [5.74, 6) is 1.75. The highest BCUT2D eigenvalue weighted by atomic mass is 35.5. The van der Waals surface area contributed by atoms with Gasteiger partial charge in [-0.3, -0.25) is 9.69 Å². The van der Waals surface area contributed by atoms with Crippen LogP contribution in [-0.2, 0) is 9.53 Å². The van der Waals surface area contributed by atoms with Gasteiger partial charge in [0.1, 0.15) is 5.75 Å². The van der Waals surface area contributed by atoms with Crippen LogP contribution in [0, 0.1) is 0 Å². The van der Waals surface area contributed by atoms with Crippen molar-refractivity contribution in [3.05, 3.63) is 58.6 Å².